The van der Waals surface area contributed by atoms with E-state index in [0.717, 1.165) is 33.9 Å². The average molecular weight is 350 g/mol. The van der Waals surface area contributed by atoms with E-state index in [4.69, 9.17) is 0 Å². The molecule has 1 aliphatic heterocycles. The summed E-state index contributed by atoms with van der Waals surface area (Å²) < 4.78 is 0. The van der Waals surface area contributed by atoms with Crippen molar-refractivity contribution in [3.05, 3.63) is 71.4 Å². The molecule has 25 heavy (non-hydrogen) atoms. The SMILES string of the molecule is CC(c1ccccc1)c1cc2c(CC3SC(=O)NC3=O)cccc2[nH]1. The van der Waals surface area contributed by atoms with E-state index in [0.29, 0.717) is 6.42 Å². The third-order valence-electron chi connectivity index (χ3n) is 4.71. The zero-order valence-corrected chi connectivity index (χ0v) is 14.6. The fraction of sp³-hybridized carbons (Fsp3) is 0.200. The van der Waals surface area contributed by atoms with Crippen molar-refractivity contribution in [2.75, 3.05) is 0 Å². The lowest BCUT2D eigenvalue weighted by molar-refractivity contribution is -0.118. The highest BCUT2D eigenvalue weighted by Gasteiger charge is 2.32. The van der Waals surface area contributed by atoms with Gasteiger partial charge >= 0.3 is 0 Å². The van der Waals surface area contributed by atoms with Gasteiger partial charge in [0.2, 0.25) is 5.91 Å². The number of benzene rings is 2. The third kappa shape index (κ3) is 3.07. The largest absolute Gasteiger partial charge is 0.358 e. The fourth-order valence-electron chi connectivity index (χ4n) is 3.30. The van der Waals surface area contributed by atoms with Gasteiger partial charge < -0.3 is 4.98 Å². The first-order valence-corrected chi connectivity index (χ1v) is 9.16. The van der Waals surface area contributed by atoms with E-state index in [2.05, 4.69) is 35.4 Å². The maximum atomic E-state index is 11.9. The number of hydrogen-bond acceptors (Lipinski definition) is 3. The summed E-state index contributed by atoms with van der Waals surface area (Å²) in [5.74, 6) is 0.0626. The number of carbonyl (C=O) groups is 2. The summed E-state index contributed by atoms with van der Waals surface area (Å²) in [5, 5.41) is 2.88. The normalized spacial score (nSPS) is 18.5. The van der Waals surface area contributed by atoms with Crippen molar-refractivity contribution in [1.82, 2.24) is 10.3 Å². The van der Waals surface area contributed by atoms with Crippen molar-refractivity contribution in [1.29, 1.82) is 0 Å². The summed E-state index contributed by atoms with van der Waals surface area (Å²) in [6.07, 6.45) is 0.552. The zero-order chi connectivity index (χ0) is 17.4. The Morgan fingerprint density at radius 1 is 1.08 bits per heavy atom. The second-order valence-corrected chi connectivity index (χ2v) is 7.50. The second-order valence-electron chi connectivity index (χ2n) is 6.32. The predicted molar refractivity (Wildman–Crippen MR) is 101 cm³/mol. The first-order chi connectivity index (χ1) is 12.1. The van der Waals surface area contributed by atoms with Crippen molar-refractivity contribution in [2.24, 2.45) is 0 Å². The van der Waals surface area contributed by atoms with Gasteiger partial charge in [0.05, 0.1) is 5.25 Å². The summed E-state index contributed by atoms with van der Waals surface area (Å²) in [4.78, 5) is 26.8. The van der Waals surface area contributed by atoms with Gasteiger partial charge in [-0.15, -0.1) is 0 Å². The minimum Gasteiger partial charge on any atom is -0.358 e. The van der Waals surface area contributed by atoms with Gasteiger partial charge in [-0.3, -0.25) is 14.9 Å². The molecule has 1 fully saturated rings. The minimum atomic E-state index is -0.344. The lowest BCUT2D eigenvalue weighted by atomic mass is 9.97. The third-order valence-corrected chi connectivity index (χ3v) is 5.70. The van der Waals surface area contributed by atoms with E-state index in [9.17, 15) is 9.59 Å². The molecule has 0 spiro atoms. The van der Waals surface area contributed by atoms with Crippen LogP contribution in [0.25, 0.3) is 10.9 Å². The molecule has 0 radical (unpaired) electrons. The number of thioether (sulfide) groups is 1. The van der Waals surface area contributed by atoms with E-state index >= 15 is 0 Å². The first kappa shape index (κ1) is 16.0. The molecule has 2 N–H and O–H groups in total. The molecular weight excluding hydrogens is 332 g/mol. The molecule has 2 unspecified atom stereocenters. The lowest BCUT2D eigenvalue weighted by Gasteiger charge is -2.09. The fourth-order valence-corrected chi connectivity index (χ4v) is 4.15. The van der Waals surface area contributed by atoms with Crippen LogP contribution in [-0.2, 0) is 11.2 Å². The number of carbonyl (C=O) groups excluding carboxylic acids is 2. The molecule has 1 saturated heterocycles. The van der Waals surface area contributed by atoms with Gasteiger partial charge in [-0.2, -0.15) is 0 Å². The van der Waals surface area contributed by atoms with Crippen LogP contribution in [0.1, 0.15) is 29.7 Å². The van der Waals surface area contributed by atoms with Gasteiger partial charge in [-0.1, -0.05) is 61.2 Å². The topological polar surface area (TPSA) is 62.0 Å². The molecule has 1 aromatic heterocycles. The van der Waals surface area contributed by atoms with Gasteiger partial charge in [0.1, 0.15) is 0 Å². The van der Waals surface area contributed by atoms with Crippen molar-refractivity contribution in [2.45, 2.75) is 24.5 Å². The van der Waals surface area contributed by atoms with Crippen LogP contribution in [0.15, 0.2) is 54.6 Å². The van der Waals surface area contributed by atoms with Gasteiger partial charge in [0.15, 0.2) is 0 Å². The van der Waals surface area contributed by atoms with Crippen LogP contribution in [0.3, 0.4) is 0 Å². The molecule has 4 nitrogen and oxygen atoms in total. The minimum absolute atomic E-state index is 0.194. The molecule has 0 saturated carbocycles. The monoisotopic (exact) mass is 350 g/mol. The van der Waals surface area contributed by atoms with E-state index in [-0.39, 0.29) is 22.3 Å². The smallest absolute Gasteiger partial charge is 0.286 e. The predicted octanol–water partition coefficient (Wildman–Crippen LogP) is 4.21. The number of hydrogen-bond donors (Lipinski definition) is 2. The molecule has 3 aromatic rings. The maximum Gasteiger partial charge on any atom is 0.286 e. The summed E-state index contributed by atoms with van der Waals surface area (Å²) in [6.45, 7) is 2.18. The zero-order valence-electron chi connectivity index (χ0n) is 13.8. The first-order valence-electron chi connectivity index (χ1n) is 8.29. The van der Waals surface area contributed by atoms with E-state index in [1.807, 2.05) is 36.4 Å². The van der Waals surface area contributed by atoms with E-state index in [1.165, 1.54) is 5.56 Å². The number of aromatic amines is 1. The number of aromatic nitrogens is 1. The Labute approximate surface area is 150 Å². The summed E-state index contributed by atoms with van der Waals surface area (Å²) >= 11 is 1.08. The van der Waals surface area contributed by atoms with Crippen molar-refractivity contribution < 1.29 is 9.59 Å². The Kier molecular flexibility index (Phi) is 4.09. The van der Waals surface area contributed by atoms with Crippen LogP contribution in [0.5, 0.6) is 0 Å². The molecule has 2 aromatic carbocycles. The number of imide groups is 1. The van der Waals surface area contributed by atoms with Crippen molar-refractivity contribution in [3.8, 4) is 0 Å². The molecule has 4 rings (SSSR count). The van der Waals surface area contributed by atoms with E-state index in [1.54, 1.807) is 0 Å². The summed E-state index contributed by atoms with van der Waals surface area (Å²) in [7, 11) is 0. The Bertz CT molecular complexity index is 949. The Morgan fingerprint density at radius 2 is 1.88 bits per heavy atom. The van der Waals surface area contributed by atoms with Crippen LogP contribution in [0.2, 0.25) is 0 Å². The Morgan fingerprint density at radius 3 is 2.60 bits per heavy atom. The number of amides is 2. The standard InChI is InChI=1S/C20H18N2O2S/c1-12(13-6-3-2-4-7-13)17-11-15-14(8-5-9-16(15)21-17)10-18-19(23)22-20(24)25-18/h2-9,11-12,18,21H,10H2,1H3,(H,22,23,24). The molecular formula is C20H18N2O2S. The quantitative estimate of drug-likeness (QED) is 0.741. The number of rotatable bonds is 4. The van der Waals surface area contributed by atoms with Crippen LogP contribution < -0.4 is 5.32 Å². The summed E-state index contributed by atoms with van der Waals surface area (Å²) in [5.41, 5.74) is 4.55. The molecule has 5 heteroatoms. The number of nitrogens with one attached hydrogen (secondary N) is 2. The molecule has 126 valence electrons. The molecule has 0 bridgehead atoms. The Hall–Kier alpha value is -2.53. The number of fused-ring (bicyclic) bond motifs is 1. The second kappa shape index (κ2) is 6.41. The van der Waals surface area contributed by atoms with Crippen molar-refractivity contribution in [3.63, 3.8) is 0 Å². The maximum absolute atomic E-state index is 11.9. The highest BCUT2D eigenvalue weighted by atomic mass is 32.2. The number of H-pyrrole nitrogens is 1. The lowest BCUT2D eigenvalue weighted by Crippen LogP contribution is -2.25. The van der Waals surface area contributed by atoms with Crippen LogP contribution >= 0.6 is 11.8 Å². The average Bonchev–Trinajstić information content (AvgIpc) is 3.19. The van der Waals surface area contributed by atoms with Gasteiger partial charge in [0.25, 0.3) is 5.24 Å². The molecule has 1 aliphatic rings. The molecule has 2 atom stereocenters. The van der Waals surface area contributed by atoms with Crippen molar-refractivity contribution >= 4 is 33.8 Å². The highest BCUT2D eigenvalue weighted by molar-refractivity contribution is 8.15. The van der Waals surface area contributed by atoms with E-state index < -0.39 is 0 Å². The van der Waals surface area contributed by atoms with Gasteiger partial charge in [0, 0.05) is 22.5 Å². The van der Waals surface area contributed by atoms with Crippen LogP contribution in [0.4, 0.5) is 4.79 Å². The van der Waals surface area contributed by atoms with Crippen LogP contribution in [0, 0.1) is 0 Å². The summed E-state index contributed by atoms with van der Waals surface area (Å²) in [6, 6.07) is 18.6. The highest BCUT2D eigenvalue weighted by Crippen LogP contribution is 2.31. The van der Waals surface area contributed by atoms with Gasteiger partial charge in [-0.05, 0) is 29.7 Å². The van der Waals surface area contributed by atoms with Gasteiger partial charge in [-0.25, -0.2) is 0 Å². The Balaban J connectivity index is 1.67. The molecule has 2 amide bonds. The molecule has 0 aliphatic carbocycles. The van der Waals surface area contributed by atoms with Crippen LogP contribution in [-0.4, -0.2) is 21.4 Å². The molecule has 2 heterocycles.